The SMILES string of the molecule is COC(=O)C(O)c1cccc(OC)c1C(C)F. The van der Waals surface area contributed by atoms with Gasteiger partial charge < -0.3 is 14.6 Å². The van der Waals surface area contributed by atoms with Gasteiger partial charge in [0.15, 0.2) is 6.10 Å². The Labute approximate surface area is 99.0 Å². The zero-order chi connectivity index (χ0) is 13.0. The fourth-order valence-corrected chi connectivity index (χ4v) is 1.64. The molecule has 0 spiro atoms. The Kier molecular flexibility index (Phi) is 4.45. The van der Waals surface area contributed by atoms with Crippen molar-refractivity contribution in [3.8, 4) is 5.75 Å². The second-order valence-electron chi connectivity index (χ2n) is 3.50. The van der Waals surface area contributed by atoms with Gasteiger partial charge in [-0.2, -0.15) is 0 Å². The van der Waals surface area contributed by atoms with Crippen molar-refractivity contribution in [3.05, 3.63) is 29.3 Å². The normalized spacial score (nSPS) is 13.9. The standard InChI is InChI=1S/C12H15FO4/c1-7(13)10-8(11(14)12(15)17-3)5-4-6-9(10)16-2/h4-7,11,14H,1-3H3. The summed E-state index contributed by atoms with van der Waals surface area (Å²) in [5.41, 5.74) is 0.319. The van der Waals surface area contributed by atoms with Crippen LogP contribution in [0.5, 0.6) is 5.75 Å². The Balaban J connectivity index is 3.27. The number of ether oxygens (including phenoxy) is 2. The zero-order valence-electron chi connectivity index (χ0n) is 9.94. The van der Waals surface area contributed by atoms with Gasteiger partial charge >= 0.3 is 5.97 Å². The van der Waals surface area contributed by atoms with Crippen LogP contribution in [0, 0.1) is 0 Å². The van der Waals surface area contributed by atoms with E-state index in [4.69, 9.17) is 4.74 Å². The lowest BCUT2D eigenvalue weighted by Crippen LogP contribution is -2.16. The van der Waals surface area contributed by atoms with E-state index >= 15 is 0 Å². The third kappa shape index (κ3) is 2.74. The summed E-state index contributed by atoms with van der Waals surface area (Å²) in [6.45, 7) is 1.31. The van der Waals surface area contributed by atoms with E-state index in [2.05, 4.69) is 4.74 Å². The van der Waals surface area contributed by atoms with E-state index in [9.17, 15) is 14.3 Å². The summed E-state index contributed by atoms with van der Waals surface area (Å²) in [7, 11) is 2.56. The molecule has 1 N–H and O–H groups in total. The highest BCUT2D eigenvalue weighted by Gasteiger charge is 2.25. The van der Waals surface area contributed by atoms with E-state index < -0.39 is 18.2 Å². The number of esters is 1. The minimum Gasteiger partial charge on any atom is -0.496 e. The number of halogens is 1. The largest absolute Gasteiger partial charge is 0.496 e. The van der Waals surface area contributed by atoms with Crippen molar-refractivity contribution in [2.75, 3.05) is 14.2 Å². The monoisotopic (exact) mass is 242 g/mol. The summed E-state index contributed by atoms with van der Waals surface area (Å²) in [5.74, 6) is -0.541. The number of carbonyl (C=O) groups is 1. The Morgan fingerprint density at radius 2 is 2.06 bits per heavy atom. The van der Waals surface area contributed by atoms with Gasteiger partial charge in [-0.25, -0.2) is 9.18 Å². The number of aliphatic hydroxyl groups excluding tert-OH is 1. The third-order valence-corrected chi connectivity index (χ3v) is 2.44. The first kappa shape index (κ1) is 13.4. The van der Waals surface area contributed by atoms with Crippen LogP contribution in [0.1, 0.15) is 30.3 Å². The summed E-state index contributed by atoms with van der Waals surface area (Å²) in [4.78, 5) is 11.3. The number of methoxy groups -OCH3 is 2. The average Bonchev–Trinajstić information content (AvgIpc) is 2.35. The van der Waals surface area contributed by atoms with Crippen LogP contribution < -0.4 is 4.74 Å². The lowest BCUT2D eigenvalue weighted by atomic mass is 9.98. The van der Waals surface area contributed by atoms with Gasteiger partial charge in [-0.1, -0.05) is 12.1 Å². The van der Waals surface area contributed by atoms with Gasteiger partial charge in [0.05, 0.1) is 14.2 Å². The van der Waals surface area contributed by atoms with Crippen LogP contribution >= 0.6 is 0 Å². The van der Waals surface area contributed by atoms with Crippen LogP contribution in [0.25, 0.3) is 0 Å². The maximum absolute atomic E-state index is 13.5. The van der Waals surface area contributed by atoms with Gasteiger partial charge in [-0.15, -0.1) is 0 Å². The van der Waals surface area contributed by atoms with Crippen molar-refractivity contribution in [1.29, 1.82) is 0 Å². The summed E-state index contributed by atoms with van der Waals surface area (Å²) in [5, 5.41) is 9.74. The molecule has 1 aromatic rings. The first-order valence-electron chi connectivity index (χ1n) is 5.09. The minimum absolute atomic E-state index is 0.159. The van der Waals surface area contributed by atoms with Gasteiger partial charge in [0.2, 0.25) is 0 Å². The number of hydrogen-bond acceptors (Lipinski definition) is 4. The van der Waals surface area contributed by atoms with Gasteiger partial charge in [0.1, 0.15) is 11.9 Å². The molecule has 2 unspecified atom stereocenters. The van der Waals surface area contributed by atoms with Crippen LogP contribution in [-0.2, 0) is 9.53 Å². The molecule has 0 radical (unpaired) electrons. The van der Waals surface area contributed by atoms with E-state index in [0.717, 1.165) is 7.11 Å². The quantitative estimate of drug-likeness (QED) is 0.820. The molecule has 2 atom stereocenters. The lowest BCUT2D eigenvalue weighted by Gasteiger charge is -2.17. The topological polar surface area (TPSA) is 55.8 Å². The van der Waals surface area contributed by atoms with E-state index in [1.54, 1.807) is 12.1 Å². The van der Waals surface area contributed by atoms with Crippen LogP contribution in [0.2, 0.25) is 0 Å². The van der Waals surface area contributed by atoms with Crippen molar-refractivity contribution in [3.63, 3.8) is 0 Å². The predicted octanol–water partition coefficient (Wildman–Crippen LogP) is 1.93. The fraction of sp³-hybridized carbons (Fsp3) is 0.417. The van der Waals surface area contributed by atoms with Gasteiger partial charge in [-0.3, -0.25) is 0 Å². The first-order chi connectivity index (χ1) is 8.02. The molecule has 4 nitrogen and oxygen atoms in total. The number of alkyl halides is 1. The van der Waals surface area contributed by atoms with Crippen molar-refractivity contribution < 1.29 is 23.8 Å². The highest BCUT2D eigenvalue weighted by Crippen LogP contribution is 2.34. The van der Waals surface area contributed by atoms with E-state index in [1.165, 1.54) is 20.1 Å². The van der Waals surface area contributed by atoms with E-state index in [1.807, 2.05) is 0 Å². The van der Waals surface area contributed by atoms with Crippen LogP contribution in [0.15, 0.2) is 18.2 Å². The molecule has 0 aliphatic rings. The molecule has 0 fully saturated rings. The molecular weight excluding hydrogens is 227 g/mol. The van der Waals surface area contributed by atoms with Crippen LogP contribution in [0.3, 0.4) is 0 Å². The van der Waals surface area contributed by atoms with Gasteiger partial charge in [0, 0.05) is 11.1 Å². The Morgan fingerprint density at radius 1 is 1.41 bits per heavy atom. The molecule has 0 aromatic heterocycles. The summed E-state index contributed by atoms with van der Waals surface area (Å²) in [6.07, 6.45) is -2.87. The number of rotatable bonds is 4. The first-order valence-corrected chi connectivity index (χ1v) is 5.09. The molecule has 0 amide bonds. The molecule has 0 aliphatic carbocycles. The number of benzene rings is 1. The Bertz CT molecular complexity index is 403. The molecule has 0 aliphatic heterocycles. The number of carbonyl (C=O) groups excluding carboxylic acids is 1. The maximum Gasteiger partial charge on any atom is 0.339 e. The molecule has 0 heterocycles. The third-order valence-electron chi connectivity index (χ3n) is 2.44. The average molecular weight is 242 g/mol. The smallest absolute Gasteiger partial charge is 0.339 e. The molecule has 0 saturated heterocycles. The van der Waals surface area contributed by atoms with Crippen molar-refractivity contribution >= 4 is 5.97 Å². The van der Waals surface area contributed by atoms with Gasteiger partial charge in [-0.05, 0) is 13.0 Å². The Morgan fingerprint density at radius 3 is 2.53 bits per heavy atom. The molecular formula is C12H15FO4. The van der Waals surface area contributed by atoms with Crippen molar-refractivity contribution in [1.82, 2.24) is 0 Å². The Hall–Kier alpha value is -1.62. The fourth-order valence-electron chi connectivity index (χ4n) is 1.64. The van der Waals surface area contributed by atoms with E-state index in [-0.39, 0.29) is 11.1 Å². The lowest BCUT2D eigenvalue weighted by molar-refractivity contribution is -0.150. The molecule has 1 aromatic carbocycles. The number of hydrogen-bond donors (Lipinski definition) is 1. The molecule has 0 bridgehead atoms. The maximum atomic E-state index is 13.5. The van der Waals surface area contributed by atoms with Crippen molar-refractivity contribution in [2.45, 2.75) is 19.2 Å². The molecule has 94 valence electrons. The van der Waals surface area contributed by atoms with Crippen LogP contribution in [0.4, 0.5) is 4.39 Å². The van der Waals surface area contributed by atoms with Crippen molar-refractivity contribution in [2.24, 2.45) is 0 Å². The highest BCUT2D eigenvalue weighted by molar-refractivity contribution is 5.77. The zero-order valence-corrected chi connectivity index (χ0v) is 9.94. The molecule has 0 saturated carbocycles. The van der Waals surface area contributed by atoms with Crippen LogP contribution in [-0.4, -0.2) is 25.3 Å². The van der Waals surface area contributed by atoms with E-state index in [0.29, 0.717) is 5.75 Å². The number of aliphatic hydroxyl groups is 1. The second kappa shape index (κ2) is 5.63. The summed E-state index contributed by atoms with van der Waals surface area (Å²) < 4.78 is 23.0. The highest BCUT2D eigenvalue weighted by atomic mass is 19.1. The molecule has 1 rings (SSSR count). The molecule has 17 heavy (non-hydrogen) atoms. The summed E-state index contributed by atoms with van der Waals surface area (Å²) >= 11 is 0. The predicted molar refractivity (Wildman–Crippen MR) is 59.5 cm³/mol. The molecule has 5 heteroatoms. The van der Waals surface area contributed by atoms with Gasteiger partial charge in [0.25, 0.3) is 0 Å². The second-order valence-corrected chi connectivity index (χ2v) is 3.50. The summed E-state index contributed by atoms with van der Waals surface area (Å²) in [6, 6.07) is 4.61. The minimum atomic E-state index is -1.51.